The number of hydrogen-bond acceptors (Lipinski definition) is 5. The lowest BCUT2D eigenvalue weighted by molar-refractivity contribution is -0.140. The van der Waals surface area contributed by atoms with E-state index in [-0.39, 0.29) is 17.8 Å². The van der Waals surface area contributed by atoms with Crippen molar-refractivity contribution in [2.75, 3.05) is 7.11 Å². The molecule has 1 aromatic rings. The molecule has 2 rings (SSSR count). The number of ether oxygens (including phenoxy) is 1. The molecule has 1 aliphatic rings. The molecule has 1 unspecified atom stereocenters. The maximum atomic E-state index is 11.0. The standard InChI is InChI=1S/C10H14N2O3/c1-10(2)5-6(10)9-11-7(15-12-9)4-8(13)14-3/h6H,4-5H2,1-3H3. The van der Waals surface area contributed by atoms with Gasteiger partial charge in [-0.1, -0.05) is 19.0 Å². The molecule has 0 saturated heterocycles. The second-order valence-corrected chi connectivity index (χ2v) is 4.54. The number of aromatic nitrogens is 2. The van der Waals surface area contributed by atoms with E-state index in [0.29, 0.717) is 17.6 Å². The van der Waals surface area contributed by atoms with Crippen LogP contribution in [0.1, 0.15) is 37.9 Å². The van der Waals surface area contributed by atoms with Gasteiger partial charge in [-0.2, -0.15) is 4.98 Å². The van der Waals surface area contributed by atoms with Gasteiger partial charge in [0.1, 0.15) is 6.42 Å². The molecule has 5 heteroatoms. The summed E-state index contributed by atoms with van der Waals surface area (Å²) in [7, 11) is 1.34. The quantitative estimate of drug-likeness (QED) is 0.703. The SMILES string of the molecule is COC(=O)Cc1nc(C2CC2(C)C)no1. The molecule has 0 amide bonds. The number of carbonyl (C=O) groups is 1. The monoisotopic (exact) mass is 210 g/mol. The van der Waals surface area contributed by atoms with Gasteiger partial charge in [-0.25, -0.2) is 0 Å². The number of methoxy groups -OCH3 is 1. The molecule has 1 heterocycles. The molecule has 0 spiro atoms. The van der Waals surface area contributed by atoms with Crippen LogP contribution in [0, 0.1) is 5.41 Å². The van der Waals surface area contributed by atoms with Gasteiger partial charge in [-0.05, 0) is 11.8 Å². The fourth-order valence-electron chi connectivity index (χ4n) is 1.58. The van der Waals surface area contributed by atoms with E-state index in [4.69, 9.17) is 4.52 Å². The molecule has 0 N–H and O–H groups in total. The lowest BCUT2D eigenvalue weighted by Crippen LogP contribution is -2.04. The summed E-state index contributed by atoms with van der Waals surface area (Å²) in [6.07, 6.45) is 1.13. The topological polar surface area (TPSA) is 65.2 Å². The minimum Gasteiger partial charge on any atom is -0.469 e. The number of hydrogen-bond donors (Lipinski definition) is 0. The summed E-state index contributed by atoms with van der Waals surface area (Å²) in [5.41, 5.74) is 0.270. The molecule has 1 aliphatic carbocycles. The number of carbonyl (C=O) groups excluding carboxylic acids is 1. The Morgan fingerprint density at radius 1 is 1.67 bits per heavy atom. The Morgan fingerprint density at radius 3 is 2.87 bits per heavy atom. The minimum absolute atomic E-state index is 0.0522. The van der Waals surface area contributed by atoms with Gasteiger partial charge in [0, 0.05) is 5.92 Å². The van der Waals surface area contributed by atoms with Crippen molar-refractivity contribution >= 4 is 5.97 Å². The summed E-state index contributed by atoms with van der Waals surface area (Å²) in [4.78, 5) is 15.1. The van der Waals surface area contributed by atoms with Crippen LogP contribution in [-0.4, -0.2) is 23.2 Å². The Bertz CT molecular complexity index is 384. The molecule has 1 saturated carbocycles. The zero-order valence-corrected chi connectivity index (χ0v) is 9.11. The van der Waals surface area contributed by atoms with E-state index >= 15 is 0 Å². The Hall–Kier alpha value is -1.39. The average Bonchev–Trinajstić information content (AvgIpc) is 2.63. The average molecular weight is 210 g/mol. The molecule has 1 atom stereocenters. The van der Waals surface area contributed by atoms with Crippen molar-refractivity contribution in [1.29, 1.82) is 0 Å². The van der Waals surface area contributed by atoms with Gasteiger partial charge < -0.3 is 9.26 Å². The highest BCUT2D eigenvalue weighted by molar-refractivity contribution is 5.71. The number of nitrogens with zero attached hydrogens (tertiary/aromatic N) is 2. The van der Waals surface area contributed by atoms with Gasteiger partial charge in [-0.15, -0.1) is 0 Å². The molecule has 15 heavy (non-hydrogen) atoms. The molecular formula is C10H14N2O3. The Morgan fingerprint density at radius 2 is 2.33 bits per heavy atom. The first-order valence-electron chi connectivity index (χ1n) is 4.92. The van der Waals surface area contributed by atoms with Gasteiger partial charge in [0.05, 0.1) is 7.11 Å². The zero-order chi connectivity index (χ0) is 11.1. The third kappa shape index (κ3) is 2.00. The van der Waals surface area contributed by atoms with Crippen LogP contribution < -0.4 is 0 Å². The summed E-state index contributed by atoms with van der Waals surface area (Å²) in [5, 5.41) is 3.87. The van der Waals surface area contributed by atoms with Crippen molar-refractivity contribution in [2.45, 2.75) is 32.6 Å². The van der Waals surface area contributed by atoms with Crippen molar-refractivity contribution in [3.8, 4) is 0 Å². The van der Waals surface area contributed by atoms with Crippen LogP contribution >= 0.6 is 0 Å². The predicted molar refractivity (Wildman–Crippen MR) is 51.2 cm³/mol. The second kappa shape index (κ2) is 3.32. The van der Waals surface area contributed by atoms with Crippen LogP contribution in [0.25, 0.3) is 0 Å². The predicted octanol–water partition coefficient (Wildman–Crippen LogP) is 1.30. The Kier molecular flexibility index (Phi) is 2.25. The van der Waals surface area contributed by atoms with E-state index in [1.165, 1.54) is 7.11 Å². The van der Waals surface area contributed by atoms with E-state index in [2.05, 4.69) is 28.7 Å². The van der Waals surface area contributed by atoms with E-state index in [1.54, 1.807) is 0 Å². The first-order valence-corrected chi connectivity index (χ1v) is 4.92. The van der Waals surface area contributed by atoms with Gasteiger partial charge in [-0.3, -0.25) is 4.79 Å². The molecule has 82 valence electrons. The highest BCUT2D eigenvalue weighted by Gasteiger charge is 2.49. The Labute approximate surface area is 87.8 Å². The summed E-state index contributed by atoms with van der Waals surface area (Å²) in [6, 6.07) is 0. The molecule has 1 fully saturated rings. The van der Waals surface area contributed by atoms with Gasteiger partial charge in [0.25, 0.3) is 0 Å². The van der Waals surface area contributed by atoms with Gasteiger partial charge >= 0.3 is 5.97 Å². The van der Waals surface area contributed by atoms with Gasteiger partial charge in [0.15, 0.2) is 5.82 Å². The highest BCUT2D eigenvalue weighted by Crippen LogP contribution is 2.57. The summed E-state index contributed by atoms with van der Waals surface area (Å²) in [6.45, 7) is 4.32. The fourth-order valence-corrected chi connectivity index (χ4v) is 1.58. The van der Waals surface area contributed by atoms with Crippen LogP contribution in [0.2, 0.25) is 0 Å². The van der Waals surface area contributed by atoms with Crippen molar-refractivity contribution in [1.82, 2.24) is 10.1 Å². The molecule has 0 radical (unpaired) electrons. The van der Waals surface area contributed by atoms with Gasteiger partial charge in [0.2, 0.25) is 5.89 Å². The first-order chi connectivity index (χ1) is 7.03. The molecule has 0 aliphatic heterocycles. The molecule has 0 bridgehead atoms. The van der Waals surface area contributed by atoms with Crippen LogP contribution in [-0.2, 0) is 16.0 Å². The van der Waals surface area contributed by atoms with E-state index < -0.39 is 0 Å². The van der Waals surface area contributed by atoms with Crippen molar-refractivity contribution < 1.29 is 14.1 Å². The minimum atomic E-state index is -0.361. The smallest absolute Gasteiger partial charge is 0.315 e. The fraction of sp³-hybridized carbons (Fsp3) is 0.700. The third-order valence-electron chi connectivity index (χ3n) is 2.83. The summed E-state index contributed by atoms with van der Waals surface area (Å²) >= 11 is 0. The third-order valence-corrected chi connectivity index (χ3v) is 2.83. The summed E-state index contributed by atoms with van der Waals surface area (Å²) < 4.78 is 9.48. The molecular weight excluding hydrogens is 196 g/mol. The number of rotatable bonds is 3. The number of esters is 1. The molecule has 5 nitrogen and oxygen atoms in total. The van der Waals surface area contributed by atoms with E-state index in [0.717, 1.165) is 6.42 Å². The maximum absolute atomic E-state index is 11.0. The first kappa shape index (κ1) is 10.1. The van der Waals surface area contributed by atoms with Crippen molar-refractivity contribution in [3.05, 3.63) is 11.7 Å². The van der Waals surface area contributed by atoms with Crippen LogP contribution in [0.5, 0.6) is 0 Å². The molecule has 1 aromatic heterocycles. The largest absolute Gasteiger partial charge is 0.469 e. The van der Waals surface area contributed by atoms with Crippen LogP contribution in [0.3, 0.4) is 0 Å². The van der Waals surface area contributed by atoms with Crippen molar-refractivity contribution in [2.24, 2.45) is 5.41 Å². The van der Waals surface area contributed by atoms with Crippen LogP contribution in [0.15, 0.2) is 4.52 Å². The van der Waals surface area contributed by atoms with E-state index in [1.807, 2.05) is 0 Å². The lowest BCUT2D eigenvalue weighted by Gasteiger charge is -1.95. The van der Waals surface area contributed by atoms with Crippen LogP contribution in [0.4, 0.5) is 0 Å². The Balaban J connectivity index is 2.02. The second-order valence-electron chi connectivity index (χ2n) is 4.54. The summed E-state index contributed by atoms with van der Waals surface area (Å²) in [5.74, 6) is 1.05. The normalized spacial score (nSPS) is 22.5. The molecule has 0 aromatic carbocycles. The highest BCUT2D eigenvalue weighted by atomic mass is 16.5. The van der Waals surface area contributed by atoms with E-state index in [9.17, 15) is 4.79 Å². The van der Waals surface area contributed by atoms with Crippen molar-refractivity contribution in [3.63, 3.8) is 0 Å². The maximum Gasteiger partial charge on any atom is 0.315 e. The zero-order valence-electron chi connectivity index (χ0n) is 9.11. The lowest BCUT2D eigenvalue weighted by atomic mass is 10.1.